The van der Waals surface area contributed by atoms with Crippen molar-refractivity contribution in [3.05, 3.63) is 24.2 Å². The summed E-state index contributed by atoms with van der Waals surface area (Å²) in [5.74, 6) is 0.644. The fourth-order valence-corrected chi connectivity index (χ4v) is 1.49. The van der Waals surface area contributed by atoms with Crippen LogP contribution >= 0.6 is 0 Å². The zero-order valence-electron chi connectivity index (χ0n) is 9.36. The van der Waals surface area contributed by atoms with Gasteiger partial charge in [-0.15, -0.1) is 0 Å². The summed E-state index contributed by atoms with van der Waals surface area (Å²) in [6, 6.07) is 3.35. The van der Waals surface area contributed by atoms with Crippen molar-refractivity contribution in [3.63, 3.8) is 0 Å². The van der Waals surface area contributed by atoms with Gasteiger partial charge in [-0.3, -0.25) is 10.1 Å². The molecule has 0 radical (unpaired) electrons. The van der Waals surface area contributed by atoms with Crippen LogP contribution in [0.1, 0.15) is 32.6 Å². The van der Waals surface area contributed by atoms with Crippen molar-refractivity contribution in [3.8, 4) is 0 Å². The van der Waals surface area contributed by atoms with Crippen molar-refractivity contribution < 1.29 is 9.21 Å². The van der Waals surface area contributed by atoms with Crippen LogP contribution in [0.2, 0.25) is 0 Å². The fraction of sp³-hybridized carbons (Fsp3) is 0.545. The van der Waals surface area contributed by atoms with Gasteiger partial charge in [0.05, 0.1) is 18.3 Å². The van der Waals surface area contributed by atoms with Gasteiger partial charge in [-0.25, -0.2) is 0 Å². The van der Waals surface area contributed by atoms with Crippen LogP contribution in [-0.2, 0) is 4.79 Å². The van der Waals surface area contributed by atoms with Gasteiger partial charge in [0.1, 0.15) is 5.76 Å². The first-order chi connectivity index (χ1) is 7.02. The molecule has 4 heteroatoms. The lowest BCUT2D eigenvalue weighted by molar-refractivity contribution is -0.121. The van der Waals surface area contributed by atoms with E-state index < -0.39 is 0 Å². The van der Waals surface area contributed by atoms with E-state index in [4.69, 9.17) is 10.2 Å². The van der Waals surface area contributed by atoms with Crippen LogP contribution < -0.4 is 11.1 Å². The summed E-state index contributed by atoms with van der Waals surface area (Å²) in [5, 5.41) is 3.15. The van der Waals surface area contributed by atoms with E-state index in [1.165, 1.54) is 0 Å². The van der Waals surface area contributed by atoms with E-state index in [1.54, 1.807) is 6.26 Å². The van der Waals surface area contributed by atoms with Gasteiger partial charge < -0.3 is 10.2 Å². The molecule has 0 saturated heterocycles. The van der Waals surface area contributed by atoms with Gasteiger partial charge in [-0.05, 0) is 25.0 Å². The number of amides is 1. The number of nitrogens with one attached hydrogen (secondary N) is 1. The maximum Gasteiger partial charge on any atom is 0.234 e. The Morgan fingerprint density at radius 2 is 2.13 bits per heavy atom. The lowest BCUT2D eigenvalue weighted by Gasteiger charge is -2.22. The summed E-state index contributed by atoms with van der Waals surface area (Å²) in [5.41, 5.74) is 5.31. The lowest BCUT2D eigenvalue weighted by atomic mass is 10.0. The van der Waals surface area contributed by atoms with Crippen LogP contribution in [0.5, 0.6) is 0 Å². The molecular formula is C11H18N2O2. The third kappa shape index (κ3) is 3.09. The first-order valence-electron chi connectivity index (χ1n) is 5.11. The molecule has 84 valence electrons. The van der Waals surface area contributed by atoms with E-state index in [-0.39, 0.29) is 23.9 Å². The number of furan rings is 1. The van der Waals surface area contributed by atoms with E-state index in [0.717, 1.165) is 5.76 Å². The van der Waals surface area contributed by atoms with Gasteiger partial charge in [0.2, 0.25) is 5.91 Å². The molecule has 2 atom stereocenters. The fourth-order valence-electron chi connectivity index (χ4n) is 1.49. The predicted molar refractivity (Wildman–Crippen MR) is 58.1 cm³/mol. The maximum atomic E-state index is 11.2. The second-order valence-corrected chi connectivity index (χ2v) is 4.03. The molecule has 0 aliphatic heterocycles. The molecule has 1 amide bonds. The van der Waals surface area contributed by atoms with Crippen molar-refractivity contribution in [2.45, 2.75) is 32.9 Å². The van der Waals surface area contributed by atoms with Gasteiger partial charge in [-0.1, -0.05) is 13.8 Å². The zero-order chi connectivity index (χ0) is 11.4. The molecule has 15 heavy (non-hydrogen) atoms. The standard InChI is InChI=1S/C11H18N2O2/c1-7(2)10(11(12)14)13-8(3)9-5-4-6-15-9/h4-8,10,13H,1-3H3,(H2,12,14). The number of carbonyl (C=O) groups is 1. The smallest absolute Gasteiger partial charge is 0.234 e. The normalized spacial score (nSPS) is 15.2. The Morgan fingerprint density at radius 1 is 1.47 bits per heavy atom. The number of hydrogen-bond donors (Lipinski definition) is 2. The number of nitrogens with two attached hydrogens (primary N) is 1. The molecule has 2 unspecified atom stereocenters. The first-order valence-corrected chi connectivity index (χ1v) is 5.11. The predicted octanol–water partition coefficient (Wildman–Crippen LogP) is 1.44. The molecule has 3 N–H and O–H groups in total. The molecule has 1 aromatic rings. The minimum atomic E-state index is -0.330. The van der Waals surface area contributed by atoms with Gasteiger partial charge in [0.25, 0.3) is 0 Å². The average Bonchev–Trinajstić information content (AvgIpc) is 2.65. The van der Waals surface area contributed by atoms with Gasteiger partial charge in [-0.2, -0.15) is 0 Å². The summed E-state index contributed by atoms with van der Waals surface area (Å²) in [6.07, 6.45) is 1.61. The third-order valence-corrected chi connectivity index (χ3v) is 2.37. The second-order valence-electron chi connectivity index (χ2n) is 4.03. The van der Waals surface area contributed by atoms with Crippen molar-refractivity contribution in [2.24, 2.45) is 11.7 Å². The summed E-state index contributed by atoms with van der Waals surface area (Å²) < 4.78 is 5.24. The topological polar surface area (TPSA) is 68.3 Å². The molecule has 1 rings (SSSR count). The molecule has 0 aromatic carbocycles. The van der Waals surface area contributed by atoms with Crippen LogP contribution in [0.3, 0.4) is 0 Å². The Labute approximate surface area is 89.8 Å². The third-order valence-electron chi connectivity index (χ3n) is 2.37. The molecule has 0 fully saturated rings. The van der Waals surface area contributed by atoms with Crippen molar-refractivity contribution in [2.75, 3.05) is 0 Å². The van der Waals surface area contributed by atoms with E-state index in [1.807, 2.05) is 32.9 Å². The summed E-state index contributed by atoms with van der Waals surface area (Å²) in [7, 11) is 0. The van der Waals surface area contributed by atoms with E-state index in [0.29, 0.717) is 0 Å². The Kier molecular flexibility index (Phi) is 3.91. The van der Waals surface area contributed by atoms with Crippen molar-refractivity contribution >= 4 is 5.91 Å². The average molecular weight is 210 g/mol. The van der Waals surface area contributed by atoms with Crippen molar-refractivity contribution in [1.82, 2.24) is 5.32 Å². The van der Waals surface area contributed by atoms with E-state index in [2.05, 4.69) is 5.32 Å². The van der Waals surface area contributed by atoms with Crippen LogP contribution in [0, 0.1) is 5.92 Å². The Hall–Kier alpha value is -1.29. The van der Waals surface area contributed by atoms with Crippen LogP contribution in [0.25, 0.3) is 0 Å². The van der Waals surface area contributed by atoms with Gasteiger partial charge in [0.15, 0.2) is 0 Å². The highest BCUT2D eigenvalue weighted by molar-refractivity contribution is 5.80. The van der Waals surface area contributed by atoms with Gasteiger partial charge in [0, 0.05) is 0 Å². The number of carbonyl (C=O) groups excluding carboxylic acids is 1. The first kappa shape index (κ1) is 11.8. The maximum absolute atomic E-state index is 11.2. The molecule has 0 aliphatic rings. The quantitative estimate of drug-likeness (QED) is 0.772. The molecule has 0 spiro atoms. The molecule has 1 heterocycles. The van der Waals surface area contributed by atoms with E-state index in [9.17, 15) is 4.79 Å². The Balaban J connectivity index is 2.63. The monoisotopic (exact) mass is 210 g/mol. The highest BCUT2D eigenvalue weighted by Gasteiger charge is 2.22. The minimum absolute atomic E-state index is 0.0140. The molecular weight excluding hydrogens is 192 g/mol. The largest absolute Gasteiger partial charge is 0.468 e. The molecule has 1 aromatic heterocycles. The summed E-state index contributed by atoms with van der Waals surface area (Å²) >= 11 is 0. The highest BCUT2D eigenvalue weighted by atomic mass is 16.3. The molecule has 0 bridgehead atoms. The summed E-state index contributed by atoms with van der Waals surface area (Å²) in [6.45, 7) is 5.85. The molecule has 0 aliphatic carbocycles. The highest BCUT2D eigenvalue weighted by Crippen LogP contribution is 2.15. The Bertz CT molecular complexity index is 306. The molecule has 0 saturated carbocycles. The number of hydrogen-bond acceptors (Lipinski definition) is 3. The molecule has 4 nitrogen and oxygen atoms in total. The van der Waals surface area contributed by atoms with E-state index >= 15 is 0 Å². The zero-order valence-corrected chi connectivity index (χ0v) is 9.36. The number of primary amides is 1. The van der Waals surface area contributed by atoms with Crippen LogP contribution in [0.4, 0.5) is 0 Å². The SMILES string of the molecule is CC(NC(C(N)=O)C(C)C)c1ccco1. The minimum Gasteiger partial charge on any atom is -0.468 e. The summed E-state index contributed by atoms with van der Waals surface area (Å²) in [4.78, 5) is 11.2. The lowest BCUT2D eigenvalue weighted by Crippen LogP contribution is -2.45. The van der Waals surface area contributed by atoms with Gasteiger partial charge >= 0.3 is 0 Å². The Morgan fingerprint density at radius 3 is 2.53 bits per heavy atom. The second kappa shape index (κ2) is 4.98. The number of rotatable bonds is 5. The van der Waals surface area contributed by atoms with Crippen LogP contribution in [0.15, 0.2) is 22.8 Å². The van der Waals surface area contributed by atoms with Crippen LogP contribution in [-0.4, -0.2) is 11.9 Å². The van der Waals surface area contributed by atoms with Crippen molar-refractivity contribution in [1.29, 1.82) is 0 Å².